The Morgan fingerprint density at radius 1 is 1.00 bits per heavy atom. The number of carbonyl (C=O) groups excluding carboxylic acids is 2. The summed E-state index contributed by atoms with van der Waals surface area (Å²) >= 11 is 0. The lowest BCUT2D eigenvalue weighted by Gasteiger charge is -2.35. The van der Waals surface area contributed by atoms with Gasteiger partial charge in [-0.2, -0.15) is 0 Å². The van der Waals surface area contributed by atoms with Gasteiger partial charge in [-0.05, 0) is 44.2 Å². The fourth-order valence-electron chi connectivity index (χ4n) is 3.88. The number of carbonyl (C=O) groups is 2. The van der Waals surface area contributed by atoms with Gasteiger partial charge in [0.25, 0.3) is 0 Å². The third-order valence-electron chi connectivity index (χ3n) is 5.31. The van der Waals surface area contributed by atoms with Gasteiger partial charge in [-0.1, -0.05) is 36.8 Å². The topological polar surface area (TPSA) is 52.7 Å². The molecule has 2 amide bonds. The first-order chi connectivity index (χ1) is 12.2. The molecular weight excluding hydrogens is 314 g/mol. The van der Waals surface area contributed by atoms with E-state index in [9.17, 15) is 9.59 Å². The van der Waals surface area contributed by atoms with Gasteiger partial charge in [0, 0.05) is 19.1 Å². The van der Waals surface area contributed by atoms with Gasteiger partial charge >= 0.3 is 0 Å². The van der Waals surface area contributed by atoms with Gasteiger partial charge in [-0.25, -0.2) is 0 Å². The fourth-order valence-corrected chi connectivity index (χ4v) is 3.88. The van der Waals surface area contributed by atoms with Gasteiger partial charge in [0.1, 0.15) is 0 Å². The molecule has 1 aromatic carbocycles. The van der Waals surface area contributed by atoms with Crippen molar-refractivity contribution in [1.82, 2.24) is 15.1 Å². The Bertz CT molecular complexity index is 570. The molecule has 2 aliphatic rings. The van der Waals surface area contributed by atoms with E-state index in [1.165, 1.54) is 12.0 Å². The van der Waals surface area contributed by atoms with Crippen LogP contribution in [0.25, 0.3) is 0 Å². The summed E-state index contributed by atoms with van der Waals surface area (Å²) < 4.78 is 0. The van der Waals surface area contributed by atoms with Crippen molar-refractivity contribution >= 4 is 11.8 Å². The molecule has 3 rings (SSSR count). The zero-order valence-corrected chi connectivity index (χ0v) is 15.0. The number of likely N-dealkylation sites (tertiary alicyclic amines) is 2. The van der Waals surface area contributed by atoms with Crippen molar-refractivity contribution in [3.05, 3.63) is 35.9 Å². The predicted octanol–water partition coefficient (Wildman–Crippen LogP) is 1.82. The highest BCUT2D eigenvalue weighted by Gasteiger charge is 2.25. The quantitative estimate of drug-likeness (QED) is 0.857. The van der Waals surface area contributed by atoms with E-state index in [2.05, 4.69) is 34.5 Å². The minimum absolute atomic E-state index is 0.0347. The summed E-state index contributed by atoms with van der Waals surface area (Å²) in [5.41, 5.74) is 1.32. The lowest BCUT2D eigenvalue weighted by molar-refractivity contribution is -0.132. The highest BCUT2D eigenvalue weighted by molar-refractivity contribution is 5.85. The molecule has 0 saturated carbocycles. The fraction of sp³-hybridized carbons (Fsp3) is 0.600. The molecule has 0 aliphatic carbocycles. The summed E-state index contributed by atoms with van der Waals surface area (Å²) in [5, 5.41) is 2.82. The van der Waals surface area contributed by atoms with Crippen molar-refractivity contribution < 1.29 is 9.59 Å². The van der Waals surface area contributed by atoms with E-state index in [-0.39, 0.29) is 18.4 Å². The Hall–Kier alpha value is -1.88. The zero-order chi connectivity index (χ0) is 17.5. The summed E-state index contributed by atoms with van der Waals surface area (Å²) in [6, 6.07) is 10.9. The van der Waals surface area contributed by atoms with Crippen molar-refractivity contribution in [3.8, 4) is 0 Å². The van der Waals surface area contributed by atoms with Crippen LogP contribution in [0.5, 0.6) is 0 Å². The molecule has 5 heteroatoms. The normalized spacial score (nSPS) is 21.3. The minimum atomic E-state index is -0.0347. The molecule has 1 unspecified atom stereocenters. The monoisotopic (exact) mass is 343 g/mol. The first-order valence-electron chi connectivity index (χ1n) is 9.55. The van der Waals surface area contributed by atoms with Crippen LogP contribution in [0.3, 0.4) is 0 Å². The van der Waals surface area contributed by atoms with Gasteiger partial charge in [-0.15, -0.1) is 0 Å². The van der Waals surface area contributed by atoms with E-state index in [1.54, 1.807) is 0 Å². The van der Waals surface area contributed by atoms with E-state index in [1.807, 2.05) is 11.0 Å². The third-order valence-corrected chi connectivity index (χ3v) is 5.31. The maximum Gasteiger partial charge on any atom is 0.241 e. The first-order valence-corrected chi connectivity index (χ1v) is 9.55. The highest BCUT2D eigenvalue weighted by atomic mass is 16.2. The molecule has 136 valence electrons. The SMILES string of the molecule is O=C(CN1CCCCC1Cc1ccccc1)NCC(=O)N1CCCC1. The van der Waals surface area contributed by atoms with Gasteiger partial charge in [0.2, 0.25) is 11.8 Å². The number of hydrogen-bond acceptors (Lipinski definition) is 3. The summed E-state index contributed by atoms with van der Waals surface area (Å²) in [4.78, 5) is 28.5. The van der Waals surface area contributed by atoms with Crippen LogP contribution >= 0.6 is 0 Å². The summed E-state index contributed by atoms with van der Waals surface area (Å²) in [6.07, 6.45) is 6.65. The minimum Gasteiger partial charge on any atom is -0.346 e. The Morgan fingerprint density at radius 3 is 2.48 bits per heavy atom. The number of nitrogens with zero attached hydrogens (tertiary/aromatic N) is 2. The molecule has 2 fully saturated rings. The Balaban J connectivity index is 1.47. The van der Waals surface area contributed by atoms with E-state index in [4.69, 9.17) is 0 Å². The Kier molecular flexibility index (Phi) is 6.45. The van der Waals surface area contributed by atoms with Crippen LogP contribution in [0.1, 0.15) is 37.7 Å². The maximum atomic E-state index is 12.3. The highest BCUT2D eigenvalue weighted by Crippen LogP contribution is 2.20. The smallest absolute Gasteiger partial charge is 0.241 e. The second-order valence-electron chi connectivity index (χ2n) is 7.17. The van der Waals surface area contributed by atoms with Crippen LogP contribution in [0, 0.1) is 0 Å². The maximum absolute atomic E-state index is 12.3. The van der Waals surface area contributed by atoms with Crippen molar-refractivity contribution in [2.24, 2.45) is 0 Å². The van der Waals surface area contributed by atoms with Crippen LogP contribution in [0.2, 0.25) is 0 Å². The first kappa shape index (κ1) is 17.9. The second kappa shape index (κ2) is 8.99. The van der Waals surface area contributed by atoms with Crippen molar-refractivity contribution in [3.63, 3.8) is 0 Å². The molecule has 0 bridgehead atoms. The summed E-state index contributed by atoms with van der Waals surface area (Å²) in [5.74, 6) is 0.0119. The molecule has 1 N–H and O–H groups in total. The lowest BCUT2D eigenvalue weighted by atomic mass is 9.95. The van der Waals surface area contributed by atoms with E-state index in [0.717, 1.165) is 51.7 Å². The molecule has 2 heterocycles. The molecular formula is C20H29N3O2. The number of rotatable bonds is 6. The van der Waals surface area contributed by atoms with Crippen molar-refractivity contribution in [2.45, 2.75) is 44.6 Å². The average Bonchev–Trinajstić information content (AvgIpc) is 3.17. The zero-order valence-electron chi connectivity index (χ0n) is 15.0. The molecule has 0 spiro atoms. The molecule has 0 radical (unpaired) electrons. The molecule has 1 aromatic rings. The van der Waals surface area contributed by atoms with E-state index < -0.39 is 0 Å². The Labute approximate surface area is 150 Å². The molecule has 2 aliphatic heterocycles. The van der Waals surface area contributed by atoms with Crippen LogP contribution in [-0.2, 0) is 16.0 Å². The third kappa shape index (κ3) is 5.30. The number of benzene rings is 1. The van der Waals surface area contributed by atoms with Crippen LogP contribution in [0.4, 0.5) is 0 Å². The summed E-state index contributed by atoms with van der Waals surface area (Å²) in [6.45, 7) is 3.16. The summed E-state index contributed by atoms with van der Waals surface area (Å²) in [7, 11) is 0. The average molecular weight is 343 g/mol. The van der Waals surface area contributed by atoms with Gasteiger partial charge in [0.05, 0.1) is 13.1 Å². The number of amides is 2. The van der Waals surface area contributed by atoms with Crippen molar-refractivity contribution in [2.75, 3.05) is 32.7 Å². The van der Waals surface area contributed by atoms with Crippen LogP contribution < -0.4 is 5.32 Å². The molecule has 1 atom stereocenters. The number of hydrogen-bond donors (Lipinski definition) is 1. The standard InChI is InChI=1S/C20H29N3O2/c24-19(21-15-20(25)22-11-6-7-12-22)16-23-13-5-4-10-18(23)14-17-8-2-1-3-9-17/h1-3,8-9,18H,4-7,10-16H2,(H,21,24). The van der Waals surface area contributed by atoms with Gasteiger partial charge in [0.15, 0.2) is 0 Å². The lowest BCUT2D eigenvalue weighted by Crippen LogP contribution is -2.48. The van der Waals surface area contributed by atoms with E-state index in [0.29, 0.717) is 12.6 Å². The Morgan fingerprint density at radius 2 is 1.72 bits per heavy atom. The van der Waals surface area contributed by atoms with Crippen molar-refractivity contribution in [1.29, 1.82) is 0 Å². The molecule has 0 aromatic heterocycles. The van der Waals surface area contributed by atoms with Gasteiger partial charge < -0.3 is 10.2 Å². The molecule has 2 saturated heterocycles. The van der Waals surface area contributed by atoms with Gasteiger partial charge in [-0.3, -0.25) is 14.5 Å². The van der Waals surface area contributed by atoms with E-state index >= 15 is 0 Å². The number of piperidine rings is 1. The predicted molar refractivity (Wildman–Crippen MR) is 98.2 cm³/mol. The van der Waals surface area contributed by atoms with Crippen LogP contribution in [0.15, 0.2) is 30.3 Å². The molecule has 5 nitrogen and oxygen atoms in total. The second-order valence-corrected chi connectivity index (χ2v) is 7.17. The number of nitrogens with one attached hydrogen (secondary N) is 1. The molecule has 25 heavy (non-hydrogen) atoms. The van der Waals surface area contributed by atoms with Crippen LogP contribution in [-0.4, -0.2) is 60.4 Å². The largest absolute Gasteiger partial charge is 0.346 e.